The van der Waals surface area contributed by atoms with Crippen molar-refractivity contribution in [3.63, 3.8) is 0 Å². The number of ether oxygens (including phenoxy) is 1. The van der Waals surface area contributed by atoms with E-state index in [1.54, 1.807) is 24.3 Å². The minimum Gasteiger partial charge on any atom is -0.508 e. The zero-order valence-corrected chi connectivity index (χ0v) is 11.1. The molecule has 1 aromatic carbocycles. The average molecular weight is 304 g/mol. The molecule has 1 N–H and O–H groups in total. The molecular weight excluding hydrogens is 289 g/mol. The van der Waals surface area contributed by atoms with Crippen LogP contribution in [0.5, 0.6) is 5.75 Å². The number of piperazine rings is 1. The van der Waals surface area contributed by atoms with Gasteiger partial charge in [-0.3, -0.25) is 0 Å². The molecule has 1 fully saturated rings. The summed E-state index contributed by atoms with van der Waals surface area (Å²) in [5.74, 6) is 0.160. The summed E-state index contributed by atoms with van der Waals surface area (Å²) in [6, 6.07) is 6.60. The second-order valence-corrected chi connectivity index (χ2v) is 4.66. The van der Waals surface area contributed by atoms with Crippen LogP contribution >= 0.6 is 0 Å². The van der Waals surface area contributed by atoms with E-state index >= 15 is 0 Å². The van der Waals surface area contributed by atoms with E-state index in [1.807, 2.05) is 4.90 Å². The van der Waals surface area contributed by atoms with E-state index in [-0.39, 0.29) is 18.8 Å². The molecule has 0 bridgehead atoms. The van der Waals surface area contributed by atoms with Crippen molar-refractivity contribution in [1.29, 1.82) is 0 Å². The molecule has 1 aliphatic rings. The van der Waals surface area contributed by atoms with E-state index in [2.05, 4.69) is 4.74 Å². The number of aromatic hydroxyl groups is 1. The molecule has 0 atom stereocenters. The Balaban J connectivity index is 1.82. The van der Waals surface area contributed by atoms with Gasteiger partial charge < -0.3 is 19.6 Å². The van der Waals surface area contributed by atoms with Crippen LogP contribution in [0.4, 0.5) is 23.7 Å². The highest BCUT2D eigenvalue weighted by Crippen LogP contribution is 2.20. The molecule has 0 aromatic heterocycles. The zero-order valence-electron chi connectivity index (χ0n) is 11.1. The topological polar surface area (TPSA) is 53.0 Å². The lowest BCUT2D eigenvalue weighted by Gasteiger charge is -2.35. The highest BCUT2D eigenvalue weighted by atomic mass is 19.4. The summed E-state index contributed by atoms with van der Waals surface area (Å²) in [5, 5.41) is 9.21. The van der Waals surface area contributed by atoms with Crippen LogP contribution in [0, 0.1) is 0 Å². The Morgan fingerprint density at radius 2 is 1.71 bits per heavy atom. The Morgan fingerprint density at radius 3 is 2.24 bits per heavy atom. The number of anilines is 1. The molecule has 1 amide bonds. The Labute approximate surface area is 119 Å². The predicted molar refractivity (Wildman–Crippen MR) is 69.3 cm³/mol. The van der Waals surface area contributed by atoms with Gasteiger partial charge in [-0.15, -0.1) is 0 Å². The summed E-state index contributed by atoms with van der Waals surface area (Å²) < 4.78 is 40.1. The van der Waals surface area contributed by atoms with Gasteiger partial charge in [-0.05, 0) is 24.3 Å². The molecule has 0 unspecified atom stereocenters. The zero-order chi connectivity index (χ0) is 15.5. The van der Waals surface area contributed by atoms with Crippen LogP contribution in [0.3, 0.4) is 0 Å². The summed E-state index contributed by atoms with van der Waals surface area (Å²) >= 11 is 0. The first-order valence-electron chi connectivity index (χ1n) is 6.37. The number of hydrogen-bond donors (Lipinski definition) is 1. The third kappa shape index (κ3) is 4.44. The normalized spacial score (nSPS) is 16.0. The van der Waals surface area contributed by atoms with E-state index < -0.39 is 18.9 Å². The molecule has 1 aliphatic heterocycles. The molecule has 0 aliphatic carbocycles. The number of benzene rings is 1. The van der Waals surface area contributed by atoms with Crippen molar-refractivity contribution in [3.8, 4) is 5.75 Å². The number of amides is 1. The lowest BCUT2D eigenvalue weighted by atomic mass is 10.2. The SMILES string of the molecule is O=C(OCC(F)(F)F)N1CCN(c2ccc(O)cc2)CC1. The van der Waals surface area contributed by atoms with Crippen molar-refractivity contribution in [2.24, 2.45) is 0 Å². The lowest BCUT2D eigenvalue weighted by molar-refractivity contribution is -0.162. The average Bonchev–Trinajstić information content (AvgIpc) is 2.45. The third-order valence-corrected chi connectivity index (χ3v) is 3.11. The van der Waals surface area contributed by atoms with Crippen molar-refractivity contribution >= 4 is 11.8 Å². The quantitative estimate of drug-likeness (QED) is 0.910. The van der Waals surface area contributed by atoms with E-state index in [1.165, 1.54) is 4.90 Å². The van der Waals surface area contributed by atoms with Crippen molar-refractivity contribution in [3.05, 3.63) is 24.3 Å². The Bertz CT molecular complexity index is 482. The largest absolute Gasteiger partial charge is 0.508 e. The van der Waals surface area contributed by atoms with Crippen LogP contribution in [0.25, 0.3) is 0 Å². The number of phenolic OH excluding ortho intramolecular Hbond substituents is 1. The van der Waals surface area contributed by atoms with Crippen LogP contribution in [-0.4, -0.2) is 55.1 Å². The first-order chi connectivity index (χ1) is 9.85. The van der Waals surface area contributed by atoms with Crippen LogP contribution < -0.4 is 4.90 Å². The fourth-order valence-electron chi connectivity index (χ4n) is 2.05. The monoisotopic (exact) mass is 304 g/mol. The summed E-state index contributed by atoms with van der Waals surface area (Å²) in [6.07, 6.45) is -5.46. The fraction of sp³-hybridized carbons (Fsp3) is 0.462. The van der Waals surface area contributed by atoms with E-state index in [9.17, 15) is 23.1 Å². The number of carbonyl (C=O) groups is 1. The first-order valence-corrected chi connectivity index (χ1v) is 6.37. The van der Waals surface area contributed by atoms with Crippen molar-refractivity contribution in [2.45, 2.75) is 6.18 Å². The molecule has 5 nitrogen and oxygen atoms in total. The van der Waals surface area contributed by atoms with Gasteiger partial charge in [-0.25, -0.2) is 4.79 Å². The number of alkyl halides is 3. The standard InChI is InChI=1S/C13H15F3N2O3/c14-13(15,16)9-21-12(20)18-7-5-17(6-8-18)10-1-3-11(19)4-2-10/h1-4,19H,5-9H2. The summed E-state index contributed by atoms with van der Waals surface area (Å²) in [6.45, 7) is -0.00305. The Hall–Kier alpha value is -2.12. The molecule has 1 heterocycles. The maximum atomic E-state index is 12.0. The van der Waals surface area contributed by atoms with Gasteiger partial charge in [0.2, 0.25) is 0 Å². The van der Waals surface area contributed by atoms with Gasteiger partial charge in [0.1, 0.15) is 5.75 Å². The summed E-state index contributed by atoms with van der Waals surface area (Å²) in [7, 11) is 0. The minimum absolute atomic E-state index is 0.160. The van der Waals surface area contributed by atoms with Gasteiger partial charge in [0, 0.05) is 31.9 Å². The van der Waals surface area contributed by atoms with E-state index in [4.69, 9.17) is 0 Å². The third-order valence-electron chi connectivity index (χ3n) is 3.11. The Kier molecular flexibility index (Phi) is 4.44. The smallest absolute Gasteiger partial charge is 0.422 e. The first kappa shape index (κ1) is 15.3. The van der Waals surface area contributed by atoms with Crippen LogP contribution in [0.15, 0.2) is 24.3 Å². The van der Waals surface area contributed by atoms with Gasteiger partial charge in [-0.2, -0.15) is 13.2 Å². The maximum absolute atomic E-state index is 12.0. The number of halogens is 3. The highest BCUT2D eigenvalue weighted by molar-refractivity contribution is 5.68. The second-order valence-electron chi connectivity index (χ2n) is 4.66. The molecular formula is C13H15F3N2O3. The number of rotatable bonds is 2. The van der Waals surface area contributed by atoms with Crippen molar-refractivity contribution < 1.29 is 27.8 Å². The minimum atomic E-state index is -4.51. The summed E-state index contributed by atoms with van der Waals surface area (Å²) in [5.41, 5.74) is 0.885. The van der Waals surface area contributed by atoms with Gasteiger partial charge in [0.15, 0.2) is 6.61 Å². The van der Waals surface area contributed by atoms with Gasteiger partial charge in [0.25, 0.3) is 0 Å². The second kappa shape index (κ2) is 6.11. The van der Waals surface area contributed by atoms with E-state index in [0.29, 0.717) is 13.1 Å². The molecule has 1 aromatic rings. The number of phenols is 1. The van der Waals surface area contributed by atoms with Crippen LogP contribution in [0.2, 0.25) is 0 Å². The molecule has 8 heteroatoms. The van der Waals surface area contributed by atoms with Gasteiger partial charge in [0.05, 0.1) is 0 Å². The number of hydrogen-bond acceptors (Lipinski definition) is 4. The number of nitrogens with zero attached hydrogens (tertiary/aromatic N) is 2. The molecule has 21 heavy (non-hydrogen) atoms. The van der Waals surface area contributed by atoms with Crippen LogP contribution in [0.1, 0.15) is 0 Å². The molecule has 2 rings (SSSR count). The molecule has 0 saturated carbocycles. The predicted octanol–water partition coefficient (Wildman–Crippen LogP) is 2.21. The maximum Gasteiger partial charge on any atom is 0.422 e. The van der Waals surface area contributed by atoms with Gasteiger partial charge >= 0.3 is 12.3 Å². The van der Waals surface area contributed by atoms with Crippen molar-refractivity contribution in [2.75, 3.05) is 37.7 Å². The fourth-order valence-corrected chi connectivity index (χ4v) is 2.05. The Morgan fingerprint density at radius 1 is 1.14 bits per heavy atom. The number of carbonyl (C=O) groups excluding carboxylic acids is 1. The molecule has 1 saturated heterocycles. The van der Waals surface area contributed by atoms with Gasteiger partial charge in [-0.1, -0.05) is 0 Å². The molecule has 0 radical (unpaired) electrons. The molecule has 0 spiro atoms. The van der Waals surface area contributed by atoms with Crippen LogP contribution in [-0.2, 0) is 4.74 Å². The van der Waals surface area contributed by atoms with E-state index in [0.717, 1.165) is 5.69 Å². The lowest BCUT2D eigenvalue weighted by Crippen LogP contribution is -2.49. The summed E-state index contributed by atoms with van der Waals surface area (Å²) in [4.78, 5) is 14.7. The highest BCUT2D eigenvalue weighted by Gasteiger charge is 2.31. The molecule has 116 valence electrons. The van der Waals surface area contributed by atoms with Crippen molar-refractivity contribution in [1.82, 2.24) is 4.90 Å².